The van der Waals surface area contributed by atoms with Crippen molar-refractivity contribution in [1.29, 1.82) is 0 Å². The van der Waals surface area contributed by atoms with E-state index >= 15 is 0 Å². The molecule has 1 aromatic carbocycles. The third kappa shape index (κ3) is 6.92. The minimum absolute atomic E-state index is 0.0160. The van der Waals surface area contributed by atoms with Crippen LogP contribution >= 0.6 is 35.0 Å². The highest BCUT2D eigenvalue weighted by molar-refractivity contribution is 8.00. The highest BCUT2D eigenvalue weighted by Gasteiger charge is 2.18. The first-order valence-corrected chi connectivity index (χ1v) is 8.50. The Labute approximate surface area is 141 Å². The molecule has 1 amide bonds. The van der Waals surface area contributed by atoms with Crippen LogP contribution in [0.2, 0.25) is 10.0 Å². The van der Waals surface area contributed by atoms with Crippen molar-refractivity contribution in [2.24, 2.45) is 0 Å². The molecule has 0 radical (unpaired) electrons. The summed E-state index contributed by atoms with van der Waals surface area (Å²) in [6.45, 7) is 4.84. The normalized spacial score (nSPS) is 14.0. The molecule has 1 rings (SSSR count). The van der Waals surface area contributed by atoms with Crippen LogP contribution in [0.25, 0.3) is 0 Å². The predicted octanol–water partition coefficient (Wildman–Crippen LogP) is 3.93. The van der Waals surface area contributed by atoms with Crippen LogP contribution in [-0.4, -0.2) is 42.7 Å². The van der Waals surface area contributed by atoms with Gasteiger partial charge < -0.3 is 10.2 Å². The molecule has 0 aliphatic heterocycles. The topological polar surface area (TPSA) is 32.3 Å². The van der Waals surface area contributed by atoms with E-state index in [1.165, 1.54) is 11.8 Å². The van der Waals surface area contributed by atoms with Crippen molar-refractivity contribution in [3.63, 3.8) is 0 Å². The summed E-state index contributed by atoms with van der Waals surface area (Å²) in [7, 11) is 4.04. The Morgan fingerprint density at radius 2 is 2.00 bits per heavy atom. The van der Waals surface area contributed by atoms with E-state index in [0.717, 1.165) is 17.9 Å². The lowest BCUT2D eigenvalue weighted by Gasteiger charge is -2.19. The maximum Gasteiger partial charge on any atom is 0.233 e. The number of hydrogen-bond acceptors (Lipinski definition) is 3. The number of thioether (sulfide) groups is 1. The zero-order chi connectivity index (χ0) is 16.0. The van der Waals surface area contributed by atoms with E-state index in [1.807, 2.05) is 27.9 Å². The van der Waals surface area contributed by atoms with Crippen molar-refractivity contribution in [3.8, 4) is 0 Å². The molecule has 2 unspecified atom stereocenters. The maximum absolute atomic E-state index is 12.2. The molecule has 0 heterocycles. The van der Waals surface area contributed by atoms with Crippen LogP contribution < -0.4 is 5.32 Å². The number of benzene rings is 1. The molecule has 0 aromatic heterocycles. The average molecular weight is 349 g/mol. The van der Waals surface area contributed by atoms with Crippen molar-refractivity contribution >= 4 is 40.9 Å². The van der Waals surface area contributed by atoms with Crippen LogP contribution in [0.5, 0.6) is 0 Å². The highest BCUT2D eigenvalue weighted by Crippen LogP contribution is 2.32. The molecule has 2 atom stereocenters. The quantitative estimate of drug-likeness (QED) is 0.757. The minimum Gasteiger partial charge on any atom is -0.353 e. The summed E-state index contributed by atoms with van der Waals surface area (Å²) >= 11 is 13.5. The first-order chi connectivity index (χ1) is 9.79. The van der Waals surface area contributed by atoms with Gasteiger partial charge in [-0.1, -0.05) is 23.2 Å². The van der Waals surface area contributed by atoms with Gasteiger partial charge in [-0.05, 0) is 59.1 Å². The van der Waals surface area contributed by atoms with E-state index in [-0.39, 0.29) is 17.2 Å². The van der Waals surface area contributed by atoms with E-state index in [0.29, 0.717) is 10.0 Å². The molecule has 3 nitrogen and oxygen atoms in total. The number of carbonyl (C=O) groups is 1. The Morgan fingerprint density at radius 3 is 2.62 bits per heavy atom. The lowest BCUT2D eigenvalue weighted by molar-refractivity contribution is -0.120. The largest absolute Gasteiger partial charge is 0.353 e. The summed E-state index contributed by atoms with van der Waals surface area (Å²) < 4.78 is 0. The van der Waals surface area contributed by atoms with Crippen LogP contribution in [-0.2, 0) is 4.79 Å². The van der Waals surface area contributed by atoms with E-state index in [1.54, 1.807) is 18.2 Å². The lowest BCUT2D eigenvalue weighted by atomic mass is 10.2. The van der Waals surface area contributed by atoms with Crippen LogP contribution in [0, 0.1) is 0 Å². The third-order valence-corrected chi connectivity index (χ3v) is 4.80. The van der Waals surface area contributed by atoms with Crippen LogP contribution in [0.3, 0.4) is 0 Å². The second-order valence-corrected chi connectivity index (χ2v) is 7.56. The van der Waals surface area contributed by atoms with Gasteiger partial charge in [-0.15, -0.1) is 11.8 Å². The molecule has 0 aliphatic carbocycles. The number of nitrogens with one attached hydrogen (secondary N) is 1. The Balaban J connectivity index is 2.52. The molecule has 6 heteroatoms. The first-order valence-electron chi connectivity index (χ1n) is 6.86. The minimum atomic E-state index is -0.220. The van der Waals surface area contributed by atoms with Gasteiger partial charge in [0.25, 0.3) is 0 Å². The first kappa shape index (κ1) is 18.6. The number of nitrogens with zero attached hydrogens (tertiary/aromatic N) is 1. The van der Waals surface area contributed by atoms with Crippen molar-refractivity contribution in [2.45, 2.75) is 36.5 Å². The van der Waals surface area contributed by atoms with Gasteiger partial charge in [0, 0.05) is 16.0 Å². The summed E-state index contributed by atoms with van der Waals surface area (Å²) in [6, 6.07) is 5.42. The molecule has 0 fully saturated rings. The molecule has 21 heavy (non-hydrogen) atoms. The van der Waals surface area contributed by atoms with Crippen LogP contribution in [0.15, 0.2) is 23.1 Å². The van der Waals surface area contributed by atoms with E-state index in [9.17, 15) is 4.79 Å². The highest BCUT2D eigenvalue weighted by atomic mass is 35.5. The molecule has 0 saturated heterocycles. The summed E-state index contributed by atoms with van der Waals surface area (Å²) in [5.74, 6) is 0.0160. The molecule has 0 aliphatic rings. The fourth-order valence-electron chi connectivity index (χ4n) is 1.70. The summed E-state index contributed by atoms with van der Waals surface area (Å²) in [4.78, 5) is 15.1. The Hall–Kier alpha value is -0.420. The summed E-state index contributed by atoms with van der Waals surface area (Å²) in [6.07, 6.45) is 0.925. The molecule has 0 bridgehead atoms. The fraction of sp³-hybridized carbons (Fsp3) is 0.533. The van der Waals surface area contributed by atoms with Gasteiger partial charge in [0.2, 0.25) is 5.91 Å². The Kier molecular flexibility index (Phi) is 7.88. The standard InChI is InChI=1S/C15H22Cl2N2OS/c1-10(7-8-19(3)4)18-15(20)11(2)21-14-9-12(16)5-6-13(14)17/h5-6,9-11H,7-8H2,1-4H3,(H,18,20). The summed E-state index contributed by atoms with van der Waals surface area (Å²) in [5, 5.41) is 4.04. The van der Waals surface area contributed by atoms with Crippen LogP contribution in [0.1, 0.15) is 20.3 Å². The molecule has 1 aromatic rings. The lowest BCUT2D eigenvalue weighted by Crippen LogP contribution is -2.39. The number of halogens is 2. The van der Waals surface area contributed by atoms with Gasteiger partial charge >= 0.3 is 0 Å². The van der Waals surface area contributed by atoms with E-state index in [4.69, 9.17) is 23.2 Å². The number of hydrogen-bond donors (Lipinski definition) is 1. The van der Waals surface area contributed by atoms with Crippen molar-refractivity contribution in [3.05, 3.63) is 28.2 Å². The molecule has 118 valence electrons. The molecule has 0 saturated carbocycles. The Bertz CT molecular complexity index is 483. The van der Waals surface area contributed by atoms with Crippen molar-refractivity contribution in [2.75, 3.05) is 20.6 Å². The van der Waals surface area contributed by atoms with Gasteiger partial charge in [0.15, 0.2) is 0 Å². The van der Waals surface area contributed by atoms with E-state index in [2.05, 4.69) is 10.2 Å². The summed E-state index contributed by atoms with van der Waals surface area (Å²) in [5.41, 5.74) is 0. The zero-order valence-corrected chi connectivity index (χ0v) is 15.1. The molecular formula is C15H22Cl2N2OS. The second kappa shape index (κ2) is 8.89. The average Bonchev–Trinajstić information content (AvgIpc) is 2.40. The maximum atomic E-state index is 12.2. The molecule has 1 N–H and O–H groups in total. The Morgan fingerprint density at radius 1 is 1.33 bits per heavy atom. The van der Waals surface area contributed by atoms with E-state index < -0.39 is 0 Å². The molecule has 0 spiro atoms. The predicted molar refractivity (Wildman–Crippen MR) is 92.6 cm³/mol. The van der Waals surface area contributed by atoms with Crippen LogP contribution in [0.4, 0.5) is 0 Å². The monoisotopic (exact) mass is 348 g/mol. The number of rotatable bonds is 7. The van der Waals surface area contributed by atoms with Crippen molar-refractivity contribution in [1.82, 2.24) is 10.2 Å². The van der Waals surface area contributed by atoms with Gasteiger partial charge in [0.05, 0.1) is 10.3 Å². The van der Waals surface area contributed by atoms with Gasteiger partial charge in [-0.25, -0.2) is 0 Å². The SMILES string of the molecule is CC(CCN(C)C)NC(=O)C(C)Sc1cc(Cl)ccc1Cl. The van der Waals surface area contributed by atoms with Gasteiger partial charge in [-0.3, -0.25) is 4.79 Å². The molecular weight excluding hydrogens is 327 g/mol. The number of amides is 1. The zero-order valence-electron chi connectivity index (χ0n) is 12.8. The van der Waals surface area contributed by atoms with Crippen molar-refractivity contribution < 1.29 is 4.79 Å². The van der Waals surface area contributed by atoms with Gasteiger partial charge in [-0.2, -0.15) is 0 Å². The smallest absolute Gasteiger partial charge is 0.233 e. The second-order valence-electron chi connectivity index (χ2n) is 5.34. The van der Waals surface area contributed by atoms with Gasteiger partial charge in [0.1, 0.15) is 0 Å². The fourth-order valence-corrected chi connectivity index (χ4v) is 3.12. The number of carbonyl (C=O) groups excluding carboxylic acids is 1. The third-order valence-electron chi connectivity index (χ3n) is 2.96.